The molecule has 0 amide bonds. The van der Waals surface area contributed by atoms with Gasteiger partial charge in [-0.05, 0) is 24.8 Å². The average Bonchev–Trinajstić information content (AvgIpc) is 2.99. The van der Waals surface area contributed by atoms with E-state index in [0.29, 0.717) is 11.8 Å². The van der Waals surface area contributed by atoms with Crippen LogP contribution in [-0.4, -0.2) is 12.1 Å². The number of ether oxygens (including phenoxy) is 1. The van der Waals surface area contributed by atoms with Gasteiger partial charge < -0.3 is 4.74 Å². The Morgan fingerprint density at radius 2 is 2.29 bits per heavy atom. The highest BCUT2D eigenvalue weighted by Gasteiger charge is 2.27. The zero-order chi connectivity index (χ0) is 9.26. The Morgan fingerprint density at radius 3 is 2.79 bits per heavy atom. The lowest BCUT2D eigenvalue weighted by atomic mass is 10.1. The van der Waals surface area contributed by atoms with Crippen molar-refractivity contribution in [2.45, 2.75) is 24.6 Å². The monoisotopic (exact) mass is 233 g/mol. The third kappa shape index (κ3) is 2.12. The Morgan fingerprint density at radius 1 is 1.57 bits per heavy atom. The maximum Gasteiger partial charge on any atom is 0.145 e. The molecule has 1 aromatic rings. The smallest absolute Gasteiger partial charge is 0.145 e. The minimum atomic E-state index is 0. The van der Waals surface area contributed by atoms with Crippen LogP contribution in [0.3, 0.4) is 0 Å². The molecule has 4 heteroatoms. The highest BCUT2D eigenvalue weighted by atomic mass is 35.5. The van der Waals surface area contributed by atoms with Gasteiger partial charge in [0, 0.05) is 11.8 Å². The van der Waals surface area contributed by atoms with Crippen molar-refractivity contribution in [3.63, 3.8) is 0 Å². The third-order valence-electron chi connectivity index (χ3n) is 2.36. The molecule has 0 bridgehead atoms. The van der Waals surface area contributed by atoms with E-state index in [1.165, 1.54) is 18.4 Å². The molecule has 0 aliphatic heterocycles. The van der Waals surface area contributed by atoms with Gasteiger partial charge in [0.05, 0.1) is 18.7 Å². The van der Waals surface area contributed by atoms with E-state index in [2.05, 4.69) is 4.98 Å². The molecule has 0 saturated heterocycles. The summed E-state index contributed by atoms with van der Waals surface area (Å²) in [4.78, 5) is 4.18. The molecular formula is C10H13Cl2NO. The number of alkyl halides is 1. The summed E-state index contributed by atoms with van der Waals surface area (Å²) in [5.41, 5.74) is 2.13. The topological polar surface area (TPSA) is 22.1 Å². The molecule has 1 heterocycles. The molecular weight excluding hydrogens is 221 g/mol. The Balaban J connectivity index is 0.000000980. The maximum absolute atomic E-state index is 5.77. The van der Waals surface area contributed by atoms with E-state index in [9.17, 15) is 0 Å². The number of methoxy groups -OCH3 is 1. The van der Waals surface area contributed by atoms with Gasteiger partial charge in [0.2, 0.25) is 0 Å². The lowest BCUT2D eigenvalue weighted by Crippen LogP contribution is -1.97. The van der Waals surface area contributed by atoms with Crippen molar-refractivity contribution in [1.82, 2.24) is 4.98 Å². The third-order valence-corrected chi connectivity index (χ3v) is 2.61. The molecule has 1 aliphatic carbocycles. The summed E-state index contributed by atoms with van der Waals surface area (Å²) in [6.07, 6.45) is 4.35. The normalized spacial score (nSPS) is 14.7. The summed E-state index contributed by atoms with van der Waals surface area (Å²) in [5.74, 6) is 1.99. The number of halogens is 2. The highest BCUT2D eigenvalue weighted by molar-refractivity contribution is 6.17. The largest absolute Gasteiger partial charge is 0.494 e. The van der Waals surface area contributed by atoms with Crippen molar-refractivity contribution < 1.29 is 4.74 Å². The van der Waals surface area contributed by atoms with Crippen LogP contribution in [0.5, 0.6) is 5.75 Å². The van der Waals surface area contributed by atoms with Gasteiger partial charge in [-0.1, -0.05) is 0 Å². The lowest BCUT2D eigenvalue weighted by molar-refractivity contribution is 0.403. The number of aromatic nitrogens is 1. The highest BCUT2D eigenvalue weighted by Crippen LogP contribution is 2.44. The predicted molar refractivity (Wildman–Crippen MR) is 59.6 cm³/mol. The second-order valence-corrected chi connectivity index (χ2v) is 3.56. The van der Waals surface area contributed by atoms with E-state index in [1.54, 1.807) is 7.11 Å². The molecule has 1 aromatic heterocycles. The standard InChI is InChI=1S/C10H12ClNO.ClH/c1-13-10-8(7-2-3-7)4-5-12-9(10)6-11;/h4-5,7H,2-3,6H2,1H3;1H. The minimum Gasteiger partial charge on any atom is -0.494 e. The van der Waals surface area contributed by atoms with Crippen molar-refractivity contribution in [3.05, 3.63) is 23.5 Å². The second kappa shape index (κ2) is 4.85. The van der Waals surface area contributed by atoms with Crippen molar-refractivity contribution in [2.75, 3.05) is 7.11 Å². The van der Waals surface area contributed by atoms with Crippen LogP contribution in [0.2, 0.25) is 0 Å². The molecule has 0 aromatic carbocycles. The predicted octanol–water partition coefficient (Wildman–Crippen LogP) is 3.13. The molecule has 0 radical (unpaired) electrons. The van der Waals surface area contributed by atoms with Gasteiger partial charge in [-0.15, -0.1) is 24.0 Å². The molecule has 0 N–H and O–H groups in total. The summed E-state index contributed by atoms with van der Waals surface area (Å²) in [6.45, 7) is 0. The fourth-order valence-electron chi connectivity index (χ4n) is 1.56. The number of nitrogens with zero attached hydrogens (tertiary/aromatic N) is 1. The summed E-state index contributed by atoms with van der Waals surface area (Å²) < 4.78 is 5.32. The Bertz CT molecular complexity index is 313. The van der Waals surface area contributed by atoms with Crippen molar-refractivity contribution >= 4 is 24.0 Å². The fourth-order valence-corrected chi connectivity index (χ4v) is 1.75. The first kappa shape index (κ1) is 11.6. The zero-order valence-electron chi connectivity index (χ0n) is 8.00. The molecule has 0 atom stereocenters. The van der Waals surface area contributed by atoms with Gasteiger partial charge in [0.25, 0.3) is 0 Å². The number of hydrogen-bond donors (Lipinski definition) is 0. The van der Waals surface area contributed by atoms with E-state index < -0.39 is 0 Å². The fraction of sp³-hybridized carbons (Fsp3) is 0.500. The van der Waals surface area contributed by atoms with E-state index in [0.717, 1.165) is 11.4 Å². The molecule has 2 nitrogen and oxygen atoms in total. The molecule has 0 spiro atoms. The van der Waals surface area contributed by atoms with E-state index in [-0.39, 0.29) is 12.4 Å². The Labute approximate surface area is 95.0 Å². The van der Waals surface area contributed by atoms with Gasteiger partial charge in [-0.2, -0.15) is 0 Å². The van der Waals surface area contributed by atoms with Crippen LogP contribution in [0.25, 0.3) is 0 Å². The molecule has 2 rings (SSSR count). The molecule has 14 heavy (non-hydrogen) atoms. The molecule has 0 unspecified atom stereocenters. The van der Waals surface area contributed by atoms with Crippen LogP contribution in [0.15, 0.2) is 12.3 Å². The SMILES string of the molecule is COc1c(C2CC2)ccnc1CCl.Cl. The Kier molecular flexibility index (Phi) is 4.02. The van der Waals surface area contributed by atoms with Gasteiger partial charge in [0.15, 0.2) is 0 Å². The molecule has 78 valence electrons. The molecule has 1 aliphatic rings. The summed E-state index contributed by atoms with van der Waals surface area (Å²) >= 11 is 5.77. The van der Waals surface area contributed by atoms with Crippen molar-refractivity contribution in [3.8, 4) is 5.75 Å². The Hall–Kier alpha value is -0.470. The van der Waals surface area contributed by atoms with Crippen LogP contribution >= 0.6 is 24.0 Å². The molecule has 1 saturated carbocycles. The van der Waals surface area contributed by atoms with E-state index >= 15 is 0 Å². The number of hydrogen-bond acceptors (Lipinski definition) is 2. The second-order valence-electron chi connectivity index (χ2n) is 3.29. The quantitative estimate of drug-likeness (QED) is 0.749. The number of pyridine rings is 1. The van der Waals surface area contributed by atoms with E-state index in [4.69, 9.17) is 16.3 Å². The van der Waals surface area contributed by atoms with Gasteiger partial charge >= 0.3 is 0 Å². The van der Waals surface area contributed by atoms with Crippen LogP contribution < -0.4 is 4.74 Å². The average molecular weight is 234 g/mol. The first-order valence-electron chi connectivity index (χ1n) is 4.44. The van der Waals surface area contributed by atoms with Gasteiger partial charge in [-0.3, -0.25) is 4.98 Å². The van der Waals surface area contributed by atoms with Crippen LogP contribution in [0.4, 0.5) is 0 Å². The first-order valence-corrected chi connectivity index (χ1v) is 4.98. The summed E-state index contributed by atoms with van der Waals surface area (Å²) in [6, 6.07) is 2.03. The van der Waals surface area contributed by atoms with Crippen molar-refractivity contribution in [2.24, 2.45) is 0 Å². The lowest BCUT2D eigenvalue weighted by Gasteiger charge is -2.09. The van der Waals surface area contributed by atoms with E-state index in [1.807, 2.05) is 12.3 Å². The molecule has 1 fully saturated rings. The zero-order valence-corrected chi connectivity index (χ0v) is 9.57. The number of rotatable bonds is 3. The van der Waals surface area contributed by atoms with Crippen LogP contribution in [0.1, 0.15) is 30.0 Å². The van der Waals surface area contributed by atoms with Crippen LogP contribution in [0, 0.1) is 0 Å². The van der Waals surface area contributed by atoms with Gasteiger partial charge in [-0.25, -0.2) is 0 Å². The maximum atomic E-state index is 5.77. The first-order chi connectivity index (χ1) is 6.36. The van der Waals surface area contributed by atoms with Crippen LogP contribution in [-0.2, 0) is 5.88 Å². The summed E-state index contributed by atoms with van der Waals surface area (Å²) in [7, 11) is 1.68. The van der Waals surface area contributed by atoms with Gasteiger partial charge in [0.1, 0.15) is 5.75 Å². The summed E-state index contributed by atoms with van der Waals surface area (Å²) in [5, 5.41) is 0. The minimum absolute atomic E-state index is 0. The van der Waals surface area contributed by atoms with Crippen molar-refractivity contribution in [1.29, 1.82) is 0 Å².